The van der Waals surface area contributed by atoms with E-state index < -0.39 is 17.8 Å². The largest absolute Gasteiger partial charge is 0.463 e. The molecular weight excluding hydrogens is 312 g/mol. The molecule has 0 fully saturated rings. The Morgan fingerprint density at radius 3 is 2.25 bits per heavy atom. The number of furan rings is 2. The summed E-state index contributed by atoms with van der Waals surface area (Å²) in [6.45, 7) is 6.26. The second kappa shape index (κ2) is 7.94. The minimum absolute atomic E-state index is 0.00672. The monoisotopic (exact) mass is 334 g/mol. The maximum atomic E-state index is 12.0. The molecule has 0 bridgehead atoms. The van der Waals surface area contributed by atoms with Gasteiger partial charge in [0, 0.05) is 6.04 Å². The summed E-state index contributed by atoms with van der Waals surface area (Å²) in [5.41, 5.74) is 0. The Bertz CT molecular complexity index is 699. The predicted molar refractivity (Wildman–Crippen MR) is 86.6 cm³/mol. The standard InChI is InChI=1S/C17H22N2O5/c1-10(2)18-8-12-4-5-13(23-12)9-19-17(22)15-7-6-14(24-15)16(21)11(3)20/h4-7,10-11,18,20H,8-9H2,1-3H3,(H,19,22). The molecule has 7 heteroatoms. The van der Waals surface area contributed by atoms with Crippen molar-refractivity contribution in [1.29, 1.82) is 0 Å². The Hall–Kier alpha value is -2.38. The van der Waals surface area contributed by atoms with E-state index in [4.69, 9.17) is 8.83 Å². The molecule has 2 heterocycles. The van der Waals surface area contributed by atoms with Crippen LogP contribution in [0.1, 0.15) is 53.4 Å². The van der Waals surface area contributed by atoms with E-state index in [1.54, 1.807) is 6.07 Å². The number of rotatable bonds is 8. The second-order valence-corrected chi connectivity index (χ2v) is 5.79. The van der Waals surface area contributed by atoms with Gasteiger partial charge in [-0.15, -0.1) is 0 Å². The Morgan fingerprint density at radius 2 is 1.62 bits per heavy atom. The first-order valence-corrected chi connectivity index (χ1v) is 7.78. The average molecular weight is 334 g/mol. The molecule has 2 aromatic heterocycles. The normalized spacial score (nSPS) is 12.4. The quantitative estimate of drug-likeness (QED) is 0.637. The van der Waals surface area contributed by atoms with Crippen LogP contribution in [0.5, 0.6) is 0 Å². The number of nitrogens with one attached hydrogen (secondary N) is 2. The number of aliphatic hydroxyl groups is 1. The molecule has 2 aromatic rings. The van der Waals surface area contributed by atoms with Crippen molar-refractivity contribution in [3.63, 3.8) is 0 Å². The Morgan fingerprint density at radius 1 is 1.00 bits per heavy atom. The highest BCUT2D eigenvalue weighted by Gasteiger charge is 2.19. The van der Waals surface area contributed by atoms with E-state index in [1.807, 2.05) is 19.9 Å². The van der Waals surface area contributed by atoms with Gasteiger partial charge in [-0.3, -0.25) is 9.59 Å². The lowest BCUT2D eigenvalue weighted by molar-refractivity contribution is 0.0745. The molecule has 0 aliphatic rings. The Kier molecular flexibility index (Phi) is 5.94. The lowest BCUT2D eigenvalue weighted by Gasteiger charge is -2.05. The fourth-order valence-corrected chi connectivity index (χ4v) is 1.97. The predicted octanol–water partition coefficient (Wildman–Crippen LogP) is 1.86. The number of amides is 1. The molecule has 0 radical (unpaired) electrons. The summed E-state index contributed by atoms with van der Waals surface area (Å²) in [6.07, 6.45) is -1.17. The summed E-state index contributed by atoms with van der Waals surface area (Å²) in [5, 5.41) is 15.1. The van der Waals surface area contributed by atoms with Crippen molar-refractivity contribution in [2.75, 3.05) is 0 Å². The fourth-order valence-electron chi connectivity index (χ4n) is 1.97. The van der Waals surface area contributed by atoms with Gasteiger partial charge in [0.2, 0.25) is 5.78 Å². The number of hydrogen-bond donors (Lipinski definition) is 3. The van der Waals surface area contributed by atoms with Gasteiger partial charge in [-0.2, -0.15) is 0 Å². The zero-order chi connectivity index (χ0) is 17.7. The highest BCUT2D eigenvalue weighted by atomic mass is 16.4. The van der Waals surface area contributed by atoms with Gasteiger partial charge in [0.25, 0.3) is 5.91 Å². The van der Waals surface area contributed by atoms with Gasteiger partial charge in [-0.1, -0.05) is 13.8 Å². The Balaban J connectivity index is 1.88. The van der Waals surface area contributed by atoms with Gasteiger partial charge < -0.3 is 24.6 Å². The van der Waals surface area contributed by atoms with Gasteiger partial charge in [0.05, 0.1) is 13.1 Å². The van der Waals surface area contributed by atoms with Crippen LogP contribution in [-0.2, 0) is 13.1 Å². The van der Waals surface area contributed by atoms with E-state index in [-0.39, 0.29) is 18.1 Å². The van der Waals surface area contributed by atoms with Gasteiger partial charge in [0.1, 0.15) is 17.6 Å². The van der Waals surface area contributed by atoms with E-state index in [2.05, 4.69) is 10.6 Å². The molecule has 3 N–H and O–H groups in total. The van der Waals surface area contributed by atoms with Crippen molar-refractivity contribution in [2.45, 2.75) is 46.0 Å². The number of carbonyl (C=O) groups excluding carboxylic acids is 2. The molecule has 24 heavy (non-hydrogen) atoms. The van der Waals surface area contributed by atoms with E-state index in [1.165, 1.54) is 19.1 Å². The van der Waals surface area contributed by atoms with Gasteiger partial charge in [-0.25, -0.2) is 0 Å². The van der Waals surface area contributed by atoms with Crippen molar-refractivity contribution >= 4 is 11.7 Å². The molecule has 0 saturated heterocycles. The summed E-state index contributed by atoms with van der Waals surface area (Å²) >= 11 is 0. The molecule has 1 atom stereocenters. The van der Waals surface area contributed by atoms with Gasteiger partial charge >= 0.3 is 0 Å². The van der Waals surface area contributed by atoms with Crippen LogP contribution in [0.25, 0.3) is 0 Å². The maximum Gasteiger partial charge on any atom is 0.287 e. The third-order valence-electron chi connectivity index (χ3n) is 3.28. The van der Waals surface area contributed by atoms with Crippen LogP contribution < -0.4 is 10.6 Å². The highest BCUT2D eigenvalue weighted by molar-refractivity contribution is 5.98. The van der Waals surface area contributed by atoms with Crippen molar-refractivity contribution in [3.05, 3.63) is 47.3 Å². The van der Waals surface area contributed by atoms with E-state index >= 15 is 0 Å². The van der Waals surface area contributed by atoms with Crippen molar-refractivity contribution in [3.8, 4) is 0 Å². The number of ketones is 1. The molecule has 1 unspecified atom stereocenters. The third kappa shape index (κ3) is 4.81. The van der Waals surface area contributed by atoms with Crippen LogP contribution in [0.3, 0.4) is 0 Å². The summed E-state index contributed by atoms with van der Waals surface area (Å²) < 4.78 is 10.8. The maximum absolute atomic E-state index is 12.0. The van der Waals surface area contributed by atoms with E-state index in [9.17, 15) is 14.7 Å². The zero-order valence-electron chi connectivity index (χ0n) is 14.0. The molecule has 0 aliphatic heterocycles. The van der Waals surface area contributed by atoms with Crippen LogP contribution in [0, 0.1) is 0 Å². The molecule has 0 spiro atoms. The van der Waals surface area contributed by atoms with Gasteiger partial charge in [0.15, 0.2) is 11.5 Å². The summed E-state index contributed by atoms with van der Waals surface area (Å²) in [6, 6.07) is 6.76. The van der Waals surface area contributed by atoms with Crippen molar-refractivity contribution in [1.82, 2.24) is 10.6 Å². The first-order valence-electron chi connectivity index (χ1n) is 7.78. The highest BCUT2D eigenvalue weighted by Crippen LogP contribution is 2.12. The molecule has 1 amide bonds. The number of carbonyl (C=O) groups is 2. The SMILES string of the molecule is CC(C)NCc1ccc(CNC(=O)c2ccc(C(=O)C(C)O)o2)o1. The van der Waals surface area contributed by atoms with E-state index in [0.29, 0.717) is 18.3 Å². The minimum Gasteiger partial charge on any atom is -0.463 e. The number of aliphatic hydroxyl groups excluding tert-OH is 1. The van der Waals surface area contributed by atoms with Crippen LogP contribution in [0.2, 0.25) is 0 Å². The molecule has 0 aliphatic carbocycles. The smallest absolute Gasteiger partial charge is 0.287 e. The zero-order valence-corrected chi connectivity index (χ0v) is 14.0. The van der Waals surface area contributed by atoms with E-state index in [0.717, 1.165) is 5.76 Å². The first-order chi connectivity index (χ1) is 11.4. The lowest BCUT2D eigenvalue weighted by atomic mass is 10.2. The molecule has 0 saturated carbocycles. The summed E-state index contributed by atoms with van der Waals surface area (Å²) in [7, 11) is 0. The number of Topliss-reactive ketones (excluding diaryl/α,β-unsaturated/α-hetero) is 1. The number of hydrogen-bond acceptors (Lipinski definition) is 6. The van der Waals surface area contributed by atoms with Crippen LogP contribution in [0.4, 0.5) is 0 Å². The van der Waals surface area contributed by atoms with Gasteiger partial charge in [-0.05, 0) is 31.2 Å². The lowest BCUT2D eigenvalue weighted by Crippen LogP contribution is -2.22. The minimum atomic E-state index is -1.17. The first kappa shape index (κ1) is 18.0. The van der Waals surface area contributed by atoms with Crippen LogP contribution >= 0.6 is 0 Å². The van der Waals surface area contributed by atoms with Crippen LogP contribution in [0.15, 0.2) is 33.1 Å². The van der Waals surface area contributed by atoms with Crippen molar-refractivity contribution in [2.24, 2.45) is 0 Å². The third-order valence-corrected chi connectivity index (χ3v) is 3.28. The topological polar surface area (TPSA) is 105 Å². The molecule has 130 valence electrons. The molecular formula is C17H22N2O5. The Labute approximate surface area is 140 Å². The van der Waals surface area contributed by atoms with Crippen molar-refractivity contribution < 1.29 is 23.5 Å². The second-order valence-electron chi connectivity index (χ2n) is 5.79. The molecule has 2 rings (SSSR count). The average Bonchev–Trinajstić information content (AvgIpc) is 3.19. The molecule has 0 aromatic carbocycles. The molecule has 7 nitrogen and oxygen atoms in total. The van der Waals surface area contributed by atoms with Crippen LogP contribution in [-0.4, -0.2) is 28.9 Å². The summed E-state index contributed by atoms with van der Waals surface area (Å²) in [4.78, 5) is 23.6. The summed E-state index contributed by atoms with van der Waals surface area (Å²) in [5.74, 6) is 0.342. The fraction of sp³-hybridized carbons (Fsp3) is 0.412.